The lowest BCUT2D eigenvalue weighted by Crippen LogP contribution is -2.42. The number of benzene rings is 3. The van der Waals surface area contributed by atoms with Gasteiger partial charge in [0.25, 0.3) is 11.6 Å². The third-order valence-electron chi connectivity index (χ3n) is 6.14. The van der Waals surface area contributed by atoms with Crippen LogP contribution in [0.15, 0.2) is 90.6 Å². The largest absolute Gasteiger partial charge is 0.357 e. The Kier molecular flexibility index (Phi) is 5.22. The van der Waals surface area contributed by atoms with E-state index in [9.17, 15) is 19.7 Å². The Labute approximate surface area is 190 Å². The molecule has 2 atom stereocenters. The second kappa shape index (κ2) is 8.35. The van der Waals surface area contributed by atoms with Gasteiger partial charge in [0, 0.05) is 29.8 Å². The number of ketones is 1. The molecule has 7 nitrogen and oxygen atoms in total. The molecule has 0 aromatic heterocycles. The van der Waals surface area contributed by atoms with Gasteiger partial charge in [-0.3, -0.25) is 24.6 Å². The standard InChI is InChI=1S/C26H21N3O4/c30-23-15-7-13-21-24(23)25(18-10-6-11-19(16-18)29(32)33)28(22-14-5-4-12-20(22)27-21)26(31)17-8-2-1-3-9-17/h1-6,8-14,16,24-25,27H,7,15H2/t24-,25+/m0/s1. The first-order valence-corrected chi connectivity index (χ1v) is 10.8. The molecule has 1 aliphatic heterocycles. The van der Waals surface area contributed by atoms with Crippen LogP contribution in [-0.4, -0.2) is 16.6 Å². The molecule has 0 saturated carbocycles. The summed E-state index contributed by atoms with van der Waals surface area (Å²) in [5, 5.41) is 14.9. The van der Waals surface area contributed by atoms with Gasteiger partial charge in [0.1, 0.15) is 5.78 Å². The van der Waals surface area contributed by atoms with Crippen LogP contribution in [0.2, 0.25) is 0 Å². The van der Waals surface area contributed by atoms with E-state index in [-0.39, 0.29) is 17.4 Å². The zero-order valence-corrected chi connectivity index (χ0v) is 17.7. The van der Waals surface area contributed by atoms with Crippen LogP contribution in [0.1, 0.15) is 34.8 Å². The van der Waals surface area contributed by atoms with E-state index in [2.05, 4.69) is 5.32 Å². The number of nitro benzene ring substituents is 1. The first-order chi connectivity index (χ1) is 16.0. The van der Waals surface area contributed by atoms with Crippen molar-refractivity contribution in [2.24, 2.45) is 5.92 Å². The molecule has 1 heterocycles. The normalized spacial score (nSPS) is 19.5. The molecule has 1 amide bonds. The number of hydrogen-bond acceptors (Lipinski definition) is 5. The summed E-state index contributed by atoms with van der Waals surface area (Å²) in [6.07, 6.45) is 2.95. The van der Waals surface area contributed by atoms with Gasteiger partial charge >= 0.3 is 0 Å². The molecule has 0 spiro atoms. The number of carbonyl (C=O) groups excluding carboxylic acids is 2. The van der Waals surface area contributed by atoms with Crippen molar-refractivity contribution in [2.45, 2.75) is 18.9 Å². The molecule has 164 valence electrons. The summed E-state index contributed by atoms with van der Waals surface area (Å²) < 4.78 is 0. The maximum Gasteiger partial charge on any atom is 0.269 e. The Morgan fingerprint density at radius 1 is 1.00 bits per heavy atom. The van der Waals surface area contributed by atoms with Crippen LogP contribution in [0, 0.1) is 16.0 Å². The number of nitrogens with zero attached hydrogens (tertiary/aromatic N) is 2. The molecule has 2 aliphatic rings. The van der Waals surface area contributed by atoms with Crippen molar-refractivity contribution in [1.82, 2.24) is 0 Å². The molecule has 1 N–H and O–H groups in total. The van der Waals surface area contributed by atoms with Crippen molar-refractivity contribution in [1.29, 1.82) is 0 Å². The molecule has 0 radical (unpaired) electrons. The number of nitrogens with one attached hydrogen (secondary N) is 1. The maximum atomic E-state index is 13.9. The van der Waals surface area contributed by atoms with Crippen molar-refractivity contribution < 1.29 is 14.5 Å². The van der Waals surface area contributed by atoms with Crippen LogP contribution >= 0.6 is 0 Å². The number of hydrogen-bond donors (Lipinski definition) is 1. The molecule has 0 saturated heterocycles. The highest BCUT2D eigenvalue weighted by Gasteiger charge is 2.44. The second-order valence-corrected chi connectivity index (χ2v) is 8.12. The van der Waals surface area contributed by atoms with Gasteiger partial charge in [-0.1, -0.05) is 48.5 Å². The van der Waals surface area contributed by atoms with Gasteiger partial charge in [0.2, 0.25) is 0 Å². The van der Waals surface area contributed by atoms with Crippen LogP contribution in [0.25, 0.3) is 0 Å². The number of para-hydroxylation sites is 2. The lowest BCUT2D eigenvalue weighted by molar-refractivity contribution is -0.384. The van der Waals surface area contributed by atoms with Gasteiger partial charge in [-0.05, 0) is 36.2 Å². The average Bonchev–Trinajstić information content (AvgIpc) is 2.99. The Morgan fingerprint density at radius 3 is 2.55 bits per heavy atom. The van der Waals surface area contributed by atoms with Crippen molar-refractivity contribution in [3.8, 4) is 0 Å². The van der Waals surface area contributed by atoms with Crippen LogP contribution < -0.4 is 10.2 Å². The Bertz CT molecular complexity index is 1290. The molecule has 0 fully saturated rings. The minimum atomic E-state index is -0.743. The minimum Gasteiger partial charge on any atom is -0.357 e. The number of Topliss-reactive ketones (excluding diaryl/α,β-unsaturated/α-hetero) is 1. The highest BCUT2D eigenvalue weighted by atomic mass is 16.6. The molecule has 7 heteroatoms. The molecule has 0 bridgehead atoms. The van der Waals surface area contributed by atoms with E-state index in [1.165, 1.54) is 12.1 Å². The van der Waals surface area contributed by atoms with E-state index in [4.69, 9.17) is 0 Å². The lowest BCUT2D eigenvalue weighted by atomic mass is 9.81. The fourth-order valence-corrected chi connectivity index (χ4v) is 4.66. The Morgan fingerprint density at radius 2 is 1.76 bits per heavy atom. The van der Waals surface area contributed by atoms with Gasteiger partial charge in [-0.2, -0.15) is 0 Å². The van der Waals surface area contributed by atoms with Crippen molar-refractivity contribution >= 4 is 28.8 Å². The first kappa shape index (κ1) is 20.6. The topological polar surface area (TPSA) is 92.6 Å². The molecule has 0 unspecified atom stereocenters. The number of anilines is 2. The van der Waals surface area contributed by atoms with Gasteiger partial charge < -0.3 is 5.32 Å². The quantitative estimate of drug-likeness (QED) is 0.443. The molecule has 3 aromatic carbocycles. The fourth-order valence-electron chi connectivity index (χ4n) is 4.66. The number of nitro groups is 1. The van der Waals surface area contributed by atoms with E-state index < -0.39 is 16.9 Å². The summed E-state index contributed by atoms with van der Waals surface area (Å²) in [6, 6.07) is 21.7. The molecule has 3 aromatic rings. The average molecular weight is 439 g/mol. The number of allylic oxidation sites excluding steroid dienone is 1. The van der Waals surface area contributed by atoms with E-state index >= 15 is 0 Å². The number of amides is 1. The molecule has 1 aliphatic carbocycles. The summed E-state index contributed by atoms with van der Waals surface area (Å²) in [6.45, 7) is 0. The molecular weight excluding hydrogens is 418 g/mol. The SMILES string of the molecule is O=C1CCC=C2Nc3ccccc3N(C(=O)c3ccccc3)[C@H](c3cccc([N+](=O)[O-])c3)[C@H]12. The van der Waals surface area contributed by atoms with Crippen molar-refractivity contribution in [2.75, 3.05) is 10.2 Å². The summed E-state index contributed by atoms with van der Waals surface area (Å²) in [7, 11) is 0. The number of carbonyl (C=O) groups is 2. The summed E-state index contributed by atoms with van der Waals surface area (Å²) in [4.78, 5) is 39.9. The van der Waals surface area contributed by atoms with Crippen LogP contribution in [0.4, 0.5) is 17.1 Å². The van der Waals surface area contributed by atoms with Gasteiger partial charge in [-0.25, -0.2) is 0 Å². The predicted octanol–water partition coefficient (Wildman–Crippen LogP) is 5.27. The number of rotatable bonds is 3. The maximum absolute atomic E-state index is 13.9. The van der Waals surface area contributed by atoms with E-state index in [0.717, 1.165) is 5.70 Å². The lowest BCUT2D eigenvalue weighted by Gasteiger charge is -2.36. The second-order valence-electron chi connectivity index (χ2n) is 8.12. The molecular formula is C26H21N3O4. The predicted molar refractivity (Wildman–Crippen MR) is 125 cm³/mol. The van der Waals surface area contributed by atoms with Gasteiger partial charge in [-0.15, -0.1) is 0 Å². The fraction of sp³-hybridized carbons (Fsp3) is 0.154. The Hall–Kier alpha value is -4.26. The van der Waals surface area contributed by atoms with E-state index in [1.54, 1.807) is 41.3 Å². The van der Waals surface area contributed by atoms with Crippen LogP contribution in [-0.2, 0) is 4.79 Å². The summed E-state index contributed by atoms with van der Waals surface area (Å²) in [5.41, 5.74) is 2.97. The molecule has 33 heavy (non-hydrogen) atoms. The summed E-state index contributed by atoms with van der Waals surface area (Å²) in [5.74, 6) is -0.947. The van der Waals surface area contributed by atoms with Crippen molar-refractivity contribution in [3.05, 3.63) is 112 Å². The number of non-ortho nitro benzene ring substituents is 1. The monoisotopic (exact) mass is 439 g/mol. The third-order valence-corrected chi connectivity index (χ3v) is 6.14. The third kappa shape index (κ3) is 3.67. The van der Waals surface area contributed by atoms with Crippen LogP contribution in [0.5, 0.6) is 0 Å². The first-order valence-electron chi connectivity index (χ1n) is 10.8. The van der Waals surface area contributed by atoms with Gasteiger partial charge in [0.15, 0.2) is 0 Å². The number of fused-ring (bicyclic) bond motifs is 2. The molecule has 5 rings (SSSR count). The zero-order chi connectivity index (χ0) is 22.9. The zero-order valence-electron chi connectivity index (χ0n) is 17.7. The highest BCUT2D eigenvalue weighted by Crippen LogP contribution is 2.46. The van der Waals surface area contributed by atoms with Gasteiger partial charge in [0.05, 0.1) is 28.3 Å². The highest BCUT2D eigenvalue weighted by molar-refractivity contribution is 6.09. The van der Waals surface area contributed by atoms with Crippen LogP contribution in [0.3, 0.4) is 0 Å². The Balaban J connectivity index is 1.78. The van der Waals surface area contributed by atoms with Crippen molar-refractivity contribution in [3.63, 3.8) is 0 Å². The smallest absolute Gasteiger partial charge is 0.269 e. The minimum absolute atomic E-state index is 0.00447. The summed E-state index contributed by atoms with van der Waals surface area (Å²) >= 11 is 0. The van der Waals surface area contributed by atoms with E-state index in [1.807, 2.05) is 36.4 Å². The van der Waals surface area contributed by atoms with E-state index in [0.29, 0.717) is 35.3 Å².